The molecule has 1 heterocycles. The number of halogens is 1. The number of hydrogen-bond donors (Lipinski definition) is 1. The Morgan fingerprint density at radius 1 is 1.43 bits per heavy atom. The molecule has 0 spiro atoms. The molecule has 1 aromatic rings. The van der Waals surface area contributed by atoms with Gasteiger partial charge in [-0.05, 0) is 25.3 Å². The van der Waals surface area contributed by atoms with Crippen LogP contribution in [0.2, 0.25) is 0 Å². The highest BCUT2D eigenvalue weighted by Gasteiger charge is 2.38. The second-order valence-corrected chi connectivity index (χ2v) is 5.84. The predicted molar refractivity (Wildman–Crippen MR) is 77.2 cm³/mol. The van der Waals surface area contributed by atoms with Gasteiger partial charge in [-0.1, -0.05) is 18.2 Å². The third-order valence-electron chi connectivity index (χ3n) is 4.29. The molecular weight excluding hydrogens is 271 g/mol. The van der Waals surface area contributed by atoms with Crippen LogP contribution in [0.25, 0.3) is 0 Å². The Balaban J connectivity index is 1.70. The number of carbonyl (C=O) groups is 1. The molecule has 2 fully saturated rings. The fourth-order valence-corrected chi connectivity index (χ4v) is 2.85. The maximum Gasteiger partial charge on any atom is 0.240 e. The second kappa shape index (κ2) is 6.12. The number of nitrogens with one attached hydrogen (secondary N) is 1. The lowest BCUT2D eigenvalue weighted by atomic mass is 10.1. The first-order valence-corrected chi connectivity index (χ1v) is 7.49. The van der Waals surface area contributed by atoms with Crippen molar-refractivity contribution in [1.82, 2.24) is 10.2 Å². The Morgan fingerprint density at radius 3 is 2.81 bits per heavy atom. The average molecular weight is 292 g/mol. The van der Waals surface area contributed by atoms with Gasteiger partial charge in [-0.15, -0.1) is 0 Å². The van der Waals surface area contributed by atoms with Gasteiger partial charge in [0.15, 0.2) is 0 Å². The summed E-state index contributed by atoms with van der Waals surface area (Å²) in [7, 11) is 1.66. The van der Waals surface area contributed by atoms with Crippen molar-refractivity contribution in [3.8, 4) is 0 Å². The van der Waals surface area contributed by atoms with Gasteiger partial charge in [0.1, 0.15) is 5.82 Å². The molecular formula is C16H21FN2O2. The summed E-state index contributed by atoms with van der Waals surface area (Å²) in [6.45, 7) is 1.05. The van der Waals surface area contributed by atoms with Crippen molar-refractivity contribution in [2.24, 2.45) is 0 Å². The highest BCUT2D eigenvalue weighted by atomic mass is 19.1. The van der Waals surface area contributed by atoms with Crippen LogP contribution in [0.1, 0.15) is 24.8 Å². The monoisotopic (exact) mass is 292 g/mol. The van der Waals surface area contributed by atoms with Crippen molar-refractivity contribution in [3.05, 3.63) is 35.6 Å². The summed E-state index contributed by atoms with van der Waals surface area (Å²) >= 11 is 0. The van der Waals surface area contributed by atoms with Crippen LogP contribution in [0.15, 0.2) is 24.3 Å². The number of hydrogen-bond acceptors (Lipinski definition) is 3. The van der Waals surface area contributed by atoms with Gasteiger partial charge in [0.25, 0.3) is 0 Å². The van der Waals surface area contributed by atoms with Gasteiger partial charge in [-0.25, -0.2) is 4.39 Å². The molecule has 1 amide bonds. The highest BCUT2D eigenvalue weighted by Crippen LogP contribution is 2.30. The zero-order valence-corrected chi connectivity index (χ0v) is 12.2. The van der Waals surface area contributed by atoms with Gasteiger partial charge in [0.05, 0.1) is 12.1 Å². The molecule has 0 bridgehead atoms. The number of amides is 1. The van der Waals surface area contributed by atoms with Gasteiger partial charge in [-0.2, -0.15) is 0 Å². The molecule has 2 aliphatic rings. The van der Waals surface area contributed by atoms with E-state index < -0.39 is 0 Å². The molecule has 0 radical (unpaired) electrons. The summed E-state index contributed by atoms with van der Waals surface area (Å²) in [6, 6.07) is 6.73. The standard InChI is InChI=1S/C16H21FN2O2/c1-21-13-8-15(18-9-13)16(20)19(12-6-7-12)10-11-4-2-3-5-14(11)17/h2-5,12-13,15,18H,6-10H2,1H3. The summed E-state index contributed by atoms with van der Waals surface area (Å²) in [5.41, 5.74) is 0.582. The van der Waals surface area contributed by atoms with Crippen LogP contribution in [-0.2, 0) is 16.1 Å². The topological polar surface area (TPSA) is 41.6 Å². The second-order valence-electron chi connectivity index (χ2n) is 5.84. The number of carbonyl (C=O) groups excluding carboxylic acids is 1. The number of benzene rings is 1. The predicted octanol–water partition coefficient (Wildman–Crippen LogP) is 1.69. The normalized spacial score (nSPS) is 25.0. The van der Waals surface area contributed by atoms with Crippen molar-refractivity contribution in [3.63, 3.8) is 0 Å². The van der Waals surface area contributed by atoms with Gasteiger partial charge in [-0.3, -0.25) is 4.79 Å². The number of rotatable bonds is 5. The quantitative estimate of drug-likeness (QED) is 0.898. The van der Waals surface area contributed by atoms with E-state index in [-0.39, 0.29) is 29.9 Å². The first-order chi connectivity index (χ1) is 10.2. The van der Waals surface area contributed by atoms with E-state index in [2.05, 4.69) is 5.32 Å². The van der Waals surface area contributed by atoms with Crippen LogP contribution in [0.5, 0.6) is 0 Å². The average Bonchev–Trinajstić information content (AvgIpc) is 3.22. The molecule has 1 aromatic carbocycles. The van der Waals surface area contributed by atoms with Crippen LogP contribution in [0.4, 0.5) is 4.39 Å². The molecule has 3 rings (SSSR count). The van der Waals surface area contributed by atoms with Gasteiger partial charge in [0.2, 0.25) is 5.91 Å². The molecule has 1 N–H and O–H groups in total. The number of ether oxygens (including phenoxy) is 1. The molecule has 1 saturated carbocycles. The molecule has 2 unspecified atom stereocenters. The summed E-state index contributed by atoms with van der Waals surface area (Å²) in [6.07, 6.45) is 2.81. The van der Waals surface area contributed by atoms with E-state index in [1.807, 2.05) is 11.0 Å². The first-order valence-electron chi connectivity index (χ1n) is 7.49. The van der Waals surface area contributed by atoms with Gasteiger partial charge < -0.3 is 15.0 Å². The third-order valence-corrected chi connectivity index (χ3v) is 4.29. The van der Waals surface area contributed by atoms with E-state index in [4.69, 9.17) is 4.74 Å². The summed E-state index contributed by atoms with van der Waals surface area (Å²) < 4.78 is 19.1. The Labute approximate surface area is 124 Å². The molecule has 1 saturated heterocycles. The SMILES string of the molecule is COC1CNC(C(=O)N(Cc2ccccc2F)C2CC2)C1. The zero-order valence-electron chi connectivity index (χ0n) is 12.2. The maximum atomic E-state index is 13.8. The molecule has 0 aromatic heterocycles. The smallest absolute Gasteiger partial charge is 0.240 e. The van der Waals surface area contributed by atoms with Crippen LogP contribution >= 0.6 is 0 Å². The van der Waals surface area contributed by atoms with E-state index in [0.29, 0.717) is 25.1 Å². The highest BCUT2D eigenvalue weighted by molar-refractivity contribution is 5.83. The fourth-order valence-electron chi connectivity index (χ4n) is 2.85. The molecule has 1 aliphatic heterocycles. The molecule has 1 aliphatic carbocycles. The Morgan fingerprint density at radius 2 is 2.19 bits per heavy atom. The van der Waals surface area contributed by atoms with E-state index in [0.717, 1.165) is 12.8 Å². The van der Waals surface area contributed by atoms with Crippen molar-refractivity contribution in [2.75, 3.05) is 13.7 Å². The number of nitrogens with zero attached hydrogens (tertiary/aromatic N) is 1. The molecule has 4 nitrogen and oxygen atoms in total. The lowest BCUT2D eigenvalue weighted by Gasteiger charge is -2.26. The molecule has 2 atom stereocenters. The third kappa shape index (κ3) is 3.24. The van der Waals surface area contributed by atoms with Crippen molar-refractivity contribution >= 4 is 5.91 Å². The van der Waals surface area contributed by atoms with Crippen LogP contribution in [0.3, 0.4) is 0 Å². The summed E-state index contributed by atoms with van der Waals surface area (Å²) in [5.74, 6) is -0.176. The lowest BCUT2D eigenvalue weighted by molar-refractivity contribution is -0.134. The number of methoxy groups -OCH3 is 1. The Bertz CT molecular complexity index is 519. The Hall–Kier alpha value is -1.46. The van der Waals surface area contributed by atoms with Crippen molar-refractivity contribution in [1.29, 1.82) is 0 Å². The van der Waals surface area contributed by atoms with Crippen LogP contribution in [0, 0.1) is 5.82 Å². The molecule has 5 heteroatoms. The van der Waals surface area contributed by atoms with Crippen molar-refractivity contribution < 1.29 is 13.9 Å². The van der Waals surface area contributed by atoms with Crippen LogP contribution in [-0.4, -0.2) is 42.6 Å². The summed E-state index contributed by atoms with van der Waals surface area (Å²) in [5, 5.41) is 3.21. The van der Waals surface area contributed by atoms with E-state index in [1.54, 1.807) is 19.2 Å². The minimum atomic E-state index is -0.245. The zero-order chi connectivity index (χ0) is 14.8. The minimum Gasteiger partial charge on any atom is -0.380 e. The lowest BCUT2D eigenvalue weighted by Crippen LogP contribution is -2.44. The van der Waals surface area contributed by atoms with E-state index in [9.17, 15) is 9.18 Å². The largest absolute Gasteiger partial charge is 0.380 e. The molecule has 21 heavy (non-hydrogen) atoms. The minimum absolute atomic E-state index is 0.0697. The first kappa shape index (κ1) is 14.5. The molecule has 114 valence electrons. The Kier molecular flexibility index (Phi) is 4.22. The maximum absolute atomic E-state index is 13.8. The van der Waals surface area contributed by atoms with Crippen LogP contribution < -0.4 is 5.32 Å². The van der Waals surface area contributed by atoms with E-state index >= 15 is 0 Å². The van der Waals surface area contributed by atoms with Crippen molar-refractivity contribution in [2.45, 2.75) is 44.0 Å². The summed E-state index contributed by atoms with van der Waals surface area (Å²) in [4.78, 5) is 14.5. The fraction of sp³-hybridized carbons (Fsp3) is 0.562. The van der Waals surface area contributed by atoms with Gasteiger partial charge in [0, 0.05) is 31.8 Å². The van der Waals surface area contributed by atoms with Gasteiger partial charge >= 0.3 is 0 Å². The van der Waals surface area contributed by atoms with E-state index in [1.165, 1.54) is 6.07 Å².